The second-order valence-corrected chi connectivity index (χ2v) is 5.17. The molecule has 1 aliphatic rings. The van der Waals surface area contributed by atoms with Crippen molar-refractivity contribution in [3.8, 4) is 0 Å². The van der Waals surface area contributed by atoms with E-state index in [2.05, 4.69) is 4.98 Å². The SMILES string of the molecule is CN(C(=O)c1cc(F)cnc1N)C1CCSC1. The molecule has 1 unspecified atom stereocenters. The fourth-order valence-electron chi connectivity index (χ4n) is 1.80. The molecule has 1 aromatic rings. The van der Waals surface area contributed by atoms with Crippen LogP contribution in [0.15, 0.2) is 12.3 Å². The van der Waals surface area contributed by atoms with E-state index < -0.39 is 5.82 Å². The minimum Gasteiger partial charge on any atom is -0.383 e. The predicted molar refractivity (Wildman–Crippen MR) is 66.4 cm³/mol. The Labute approximate surface area is 103 Å². The topological polar surface area (TPSA) is 59.2 Å². The minimum absolute atomic E-state index is 0.0777. The molecule has 0 aromatic carbocycles. The molecule has 92 valence electrons. The lowest BCUT2D eigenvalue weighted by Gasteiger charge is -2.24. The monoisotopic (exact) mass is 255 g/mol. The van der Waals surface area contributed by atoms with Crippen molar-refractivity contribution < 1.29 is 9.18 Å². The molecule has 0 spiro atoms. The molecule has 0 aliphatic carbocycles. The maximum absolute atomic E-state index is 13.1. The molecule has 1 aromatic heterocycles. The number of nitrogens with zero attached hydrogens (tertiary/aromatic N) is 2. The van der Waals surface area contributed by atoms with Crippen molar-refractivity contribution in [3.63, 3.8) is 0 Å². The molecular formula is C11H14FN3OS. The normalized spacial score (nSPS) is 19.3. The molecule has 1 amide bonds. The number of thioether (sulfide) groups is 1. The highest BCUT2D eigenvalue weighted by Crippen LogP contribution is 2.23. The van der Waals surface area contributed by atoms with Crippen molar-refractivity contribution in [2.75, 3.05) is 24.3 Å². The van der Waals surface area contributed by atoms with Gasteiger partial charge in [0.1, 0.15) is 11.6 Å². The Morgan fingerprint density at radius 2 is 2.47 bits per heavy atom. The molecule has 1 atom stereocenters. The van der Waals surface area contributed by atoms with E-state index in [1.165, 1.54) is 0 Å². The van der Waals surface area contributed by atoms with E-state index >= 15 is 0 Å². The van der Waals surface area contributed by atoms with Crippen molar-refractivity contribution in [2.45, 2.75) is 12.5 Å². The number of nitrogen functional groups attached to an aromatic ring is 1. The van der Waals surface area contributed by atoms with Crippen molar-refractivity contribution >= 4 is 23.5 Å². The van der Waals surface area contributed by atoms with Gasteiger partial charge in [0.25, 0.3) is 5.91 Å². The third-order valence-electron chi connectivity index (χ3n) is 2.89. The van der Waals surface area contributed by atoms with E-state index in [9.17, 15) is 9.18 Å². The molecule has 4 nitrogen and oxygen atoms in total. The van der Waals surface area contributed by atoms with Gasteiger partial charge in [0, 0.05) is 18.8 Å². The van der Waals surface area contributed by atoms with Gasteiger partial charge in [-0.15, -0.1) is 0 Å². The summed E-state index contributed by atoms with van der Waals surface area (Å²) in [5.74, 6) is 1.25. The van der Waals surface area contributed by atoms with Crippen LogP contribution in [0.4, 0.5) is 10.2 Å². The van der Waals surface area contributed by atoms with Gasteiger partial charge in [-0.2, -0.15) is 11.8 Å². The van der Waals surface area contributed by atoms with Gasteiger partial charge >= 0.3 is 0 Å². The third kappa shape index (κ3) is 2.52. The number of aromatic nitrogens is 1. The maximum Gasteiger partial charge on any atom is 0.257 e. The Balaban J connectivity index is 2.20. The lowest BCUT2D eigenvalue weighted by Crippen LogP contribution is -2.37. The zero-order chi connectivity index (χ0) is 12.4. The number of anilines is 1. The summed E-state index contributed by atoms with van der Waals surface area (Å²) >= 11 is 1.82. The summed E-state index contributed by atoms with van der Waals surface area (Å²) in [6.45, 7) is 0. The molecule has 0 radical (unpaired) electrons. The first-order valence-corrected chi connectivity index (χ1v) is 6.51. The minimum atomic E-state index is -0.545. The summed E-state index contributed by atoms with van der Waals surface area (Å²) in [5.41, 5.74) is 5.74. The van der Waals surface area contributed by atoms with Gasteiger partial charge in [0.15, 0.2) is 0 Å². The number of hydrogen-bond acceptors (Lipinski definition) is 4. The number of halogens is 1. The predicted octanol–water partition coefficient (Wildman–Crippen LogP) is 1.38. The van der Waals surface area contributed by atoms with Crippen LogP contribution < -0.4 is 5.73 Å². The number of pyridine rings is 1. The summed E-state index contributed by atoms with van der Waals surface area (Å²) in [6, 6.07) is 1.35. The van der Waals surface area contributed by atoms with Crippen molar-refractivity contribution in [3.05, 3.63) is 23.6 Å². The average Bonchev–Trinajstić information content (AvgIpc) is 2.84. The van der Waals surface area contributed by atoms with E-state index in [-0.39, 0.29) is 23.3 Å². The van der Waals surface area contributed by atoms with Crippen LogP contribution in [0.2, 0.25) is 0 Å². The van der Waals surface area contributed by atoms with Gasteiger partial charge in [-0.3, -0.25) is 4.79 Å². The number of carbonyl (C=O) groups excluding carboxylic acids is 1. The second-order valence-electron chi connectivity index (χ2n) is 4.02. The zero-order valence-corrected chi connectivity index (χ0v) is 10.3. The molecule has 0 bridgehead atoms. The molecule has 1 saturated heterocycles. The largest absolute Gasteiger partial charge is 0.383 e. The number of nitrogens with two attached hydrogens (primary N) is 1. The van der Waals surface area contributed by atoms with Crippen LogP contribution in [0.5, 0.6) is 0 Å². The Bertz CT molecular complexity index is 435. The molecule has 1 aliphatic heterocycles. The van der Waals surface area contributed by atoms with E-state index in [0.29, 0.717) is 0 Å². The Hall–Kier alpha value is -1.30. The van der Waals surface area contributed by atoms with Gasteiger partial charge in [-0.1, -0.05) is 0 Å². The third-order valence-corrected chi connectivity index (χ3v) is 4.03. The van der Waals surface area contributed by atoms with Gasteiger partial charge in [-0.25, -0.2) is 9.37 Å². The van der Waals surface area contributed by atoms with Crippen LogP contribution in [0, 0.1) is 5.82 Å². The van der Waals surface area contributed by atoms with Gasteiger partial charge in [-0.05, 0) is 18.2 Å². The Morgan fingerprint density at radius 3 is 3.12 bits per heavy atom. The van der Waals surface area contributed by atoms with Gasteiger partial charge in [0.05, 0.1) is 11.8 Å². The number of rotatable bonds is 2. The number of carbonyl (C=O) groups is 1. The van der Waals surface area contributed by atoms with E-state index in [1.54, 1.807) is 11.9 Å². The first-order valence-electron chi connectivity index (χ1n) is 5.35. The molecule has 2 heterocycles. The number of amides is 1. The van der Waals surface area contributed by atoms with E-state index in [0.717, 1.165) is 30.2 Å². The van der Waals surface area contributed by atoms with Crippen molar-refractivity contribution in [1.29, 1.82) is 0 Å². The highest BCUT2D eigenvalue weighted by Gasteiger charge is 2.26. The molecular weight excluding hydrogens is 241 g/mol. The number of hydrogen-bond donors (Lipinski definition) is 1. The average molecular weight is 255 g/mol. The van der Waals surface area contributed by atoms with Crippen molar-refractivity contribution in [2.24, 2.45) is 0 Å². The molecule has 2 N–H and O–H groups in total. The standard InChI is InChI=1S/C11H14FN3OS/c1-15(8-2-3-17-6-8)11(16)9-4-7(12)5-14-10(9)13/h4-5,8H,2-3,6H2,1H3,(H2,13,14). The smallest absolute Gasteiger partial charge is 0.257 e. The second kappa shape index (κ2) is 4.91. The van der Waals surface area contributed by atoms with Crippen molar-refractivity contribution in [1.82, 2.24) is 9.88 Å². The summed E-state index contributed by atoms with van der Waals surface area (Å²) < 4.78 is 13.1. The van der Waals surface area contributed by atoms with Gasteiger partial charge in [0.2, 0.25) is 0 Å². The fourth-order valence-corrected chi connectivity index (χ4v) is 3.07. The zero-order valence-electron chi connectivity index (χ0n) is 9.52. The molecule has 17 heavy (non-hydrogen) atoms. The first kappa shape index (κ1) is 12.2. The Morgan fingerprint density at radius 1 is 1.71 bits per heavy atom. The summed E-state index contributed by atoms with van der Waals surface area (Å²) in [7, 11) is 1.73. The van der Waals surface area contributed by atoms with Crippen LogP contribution in [-0.4, -0.2) is 40.4 Å². The summed E-state index contributed by atoms with van der Waals surface area (Å²) in [4.78, 5) is 17.4. The van der Waals surface area contributed by atoms with Crippen LogP contribution in [0.25, 0.3) is 0 Å². The summed E-state index contributed by atoms with van der Waals surface area (Å²) in [6.07, 6.45) is 1.98. The molecule has 0 saturated carbocycles. The fraction of sp³-hybridized carbons (Fsp3) is 0.455. The van der Waals surface area contributed by atoms with Gasteiger partial charge < -0.3 is 10.6 Å². The van der Waals surface area contributed by atoms with E-state index in [4.69, 9.17) is 5.73 Å². The maximum atomic E-state index is 13.1. The summed E-state index contributed by atoms with van der Waals surface area (Å²) in [5, 5.41) is 0. The highest BCUT2D eigenvalue weighted by molar-refractivity contribution is 7.99. The lowest BCUT2D eigenvalue weighted by molar-refractivity contribution is 0.0748. The molecule has 6 heteroatoms. The quantitative estimate of drug-likeness (QED) is 0.867. The Kier molecular flexibility index (Phi) is 3.51. The highest BCUT2D eigenvalue weighted by atomic mass is 32.2. The molecule has 2 rings (SSSR count). The lowest BCUT2D eigenvalue weighted by atomic mass is 10.1. The van der Waals surface area contributed by atoms with Crippen LogP contribution >= 0.6 is 11.8 Å². The molecule has 1 fully saturated rings. The van der Waals surface area contributed by atoms with E-state index in [1.807, 2.05) is 11.8 Å². The first-order chi connectivity index (χ1) is 8.09. The van der Waals surface area contributed by atoms with Crippen LogP contribution in [-0.2, 0) is 0 Å². The van der Waals surface area contributed by atoms with Crippen LogP contribution in [0.1, 0.15) is 16.8 Å². The van der Waals surface area contributed by atoms with Crippen LogP contribution in [0.3, 0.4) is 0 Å².